The number of phenolic OH excluding ortho intramolecular Hbond substituents is 1. The molecule has 2 N–H and O–H groups in total. The van der Waals surface area contributed by atoms with Crippen LogP contribution in [0.5, 0.6) is 11.5 Å². The van der Waals surface area contributed by atoms with E-state index in [1.54, 1.807) is 24.2 Å². The molecule has 4 rings (SSSR count). The summed E-state index contributed by atoms with van der Waals surface area (Å²) in [6.07, 6.45) is 0.387. The fourth-order valence-electron chi connectivity index (χ4n) is 3.29. The average molecular weight is 366 g/mol. The topological polar surface area (TPSA) is 92.8 Å². The fraction of sp³-hybridized carbons (Fsp3) is 0.158. The van der Waals surface area contributed by atoms with E-state index in [4.69, 9.17) is 10.00 Å². The highest BCUT2D eigenvalue weighted by Gasteiger charge is 2.37. The summed E-state index contributed by atoms with van der Waals surface area (Å²) in [5, 5.41) is 30.4. The maximum Gasteiger partial charge on any atom is 0.212 e. The number of anilines is 3. The van der Waals surface area contributed by atoms with Gasteiger partial charge in [-0.2, -0.15) is 5.26 Å². The van der Waals surface area contributed by atoms with Crippen molar-refractivity contribution in [3.8, 4) is 17.6 Å². The van der Waals surface area contributed by atoms with Crippen molar-refractivity contribution in [2.24, 2.45) is 0 Å². The molecule has 0 saturated heterocycles. The molecule has 1 unspecified atom stereocenters. The van der Waals surface area contributed by atoms with E-state index < -0.39 is 12.2 Å². The summed E-state index contributed by atoms with van der Waals surface area (Å²) in [7, 11) is 3.09. The summed E-state index contributed by atoms with van der Waals surface area (Å²) in [6, 6.07) is 8.97. The van der Waals surface area contributed by atoms with Crippen LogP contribution in [0.3, 0.4) is 0 Å². The van der Waals surface area contributed by atoms with E-state index in [1.807, 2.05) is 6.07 Å². The van der Waals surface area contributed by atoms with Crippen LogP contribution in [0, 0.1) is 17.1 Å². The Bertz CT molecular complexity index is 1110. The van der Waals surface area contributed by atoms with Gasteiger partial charge in [-0.1, -0.05) is 0 Å². The highest BCUT2D eigenvalue weighted by atomic mass is 19.1. The molecule has 136 valence electrons. The third-order valence-electron chi connectivity index (χ3n) is 4.66. The zero-order valence-corrected chi connectivity index (χ0v) is 14.5. The number of aliphatic hydroxyl groups is 1. The van der Waals surface area contributed by atoms with E-state index in [2.05, 4.69) is 4.98 Å². The van der Waals surface area contributed by atoms with Gasteiger partial charge in [0, 0.05) is 18.5 Å². The maximum absolute atomic E-state index is 14.7. The number of fused-ring (bicyclic) bond motifs is 3. The lowest BCUT2D eigenvalue weighted by molar-refractivity contribution is 0.188. The Morgan fingerprint density at radius 1 is 1.26 bits per heavy atom. The largest absolute Gasteiger partial charge is 0.504 e. The summed E-state index contributed by atoms with van der Waals surface area (Å²) < 4.78 is 19.8. The second kappa shape index (κ2) is 6.00. The zero-order valence-electron chi connectivity index (χ0n) is 14.5. The highest BCUT2D eigenvalue weighted by molar-refractivity contribution is 6.04. The molecular formula is C19H15FN4O3. The number of aromatic nitrogens is 1. The van der Waals surface area contributed by atoms with Crippen molar-refractivity contribution in [3.05, 3.63) is 47.9 Å². The number of methoxy groups -OCH3 is 1. The van der Waals surface area contributed by atoms with Crippen LogP contribution in [-0.4, -0.2) is 35.7 Å². The smallest absolute Gasteiger partial charge is 0.212 e. The van der Waals surface area contributed by atoms with E-state index in [0.717, 1.165) is 6.07 Å². The first kappa shape index (κ1) is 16.9. The lowest BCUT2D eigenvalue weighted by Gasteiger charge is -2.26. The first-order valence-electron chi connectivity index (χ1n) is 8.05. The zero-order chi connectivity index (χ0) is 19.3. The van der Waals surface area contributed by atoms with Crippen LogP contribution in [-0.2, 0) is 0 Å². The van der Waals surface area contributed by atoms with E-state index in [1.165, 1.54) is 30.2 Å². The van der Waals surface area contributed by atoms with Gasteiger partial charge < -0.3 is 19.8 Å². The first-order chi connectivity index (χ1) is 13.0. The maximum atomic E-state index is 14.7. The summed E-state index contributed by atoms with van der Waals surface area (Å²) in [5.74, 6) is -0.473. The van der Waals surface area contributed by atoms with E-state index in [-0.39, 0.29) is 22.7 Å². The second-order valence-electron chi connectivity index (χ2n) is 6.14. The van der Waals surface area contributed by atoms with Gasteiger partial charge >= 0.3 is 0 Å². The Morgan fingerprint density at radius 3 is 2.70 bits per heavy atom. The Kier molecular flexibility index (Phi) is 3.75. The molecule has 1 atom stereocenters. The van der Waals surface area contributed by atoms with Crippen LogP contribution < -0.4 is 14.5 Å². The fourth-order valence-corrected chi connectivity index (χ4v) is 3.29. The SMILES string of the molecule is COc1cc2ncc3c(c2cc1O)N(c1ccc(C#N)cc1F)C(O)N3C. The summed E-state index contributed by atoms with van der Waals surface area (Å²) >= 11 is 0. The quantitative estimate of drug-likeness (QED) is 0.720. The molecule has 7 nitrogen and oxygen atoms in total. The van der Waals surface area contributed by atoms with E-state index >= 15 is 0 Å². The minimum Gasteiger partial charge on any atom is -0.504 e. The lowest BCUT2D eigenvalue weighted by Crippen LogP contribution is -2.38. The number of benzene rings is 2. The van der Waals surface area contributed by atoms with E-state index in [0.29, 0.717) is 22.3 Å². The normalized spacial score (nSPS) is 15.7. The number of aliphatic hydroxyl groups excluding tert-OH is 1. The third-order valence-corrected chi connectivity index (χ3v) is 4.66. The molecule has 27 heavy (non-hydrogen) atoms. The number of halogens is 1. The van der Waals surface area contributed by atoms with Crippen molar-refractivity contribution in [1.82, 2.24) is 4.98 Å². The molecule has 2 heterocycles. The molecule has 3 aromatic rings. The van der Waals surface area contributed by atoms with Crippen LogP contribution in [0.15, 0.2) is 36.5 Å². The highest BCUT2D eigenvalue weighted by Crippen LogP contribution is 2.48. The number of hydrogen-bond acceptors (Lipinski definition) is 7. The Morgan fingerprint density at radius 2 is 2.04 bits per heavy atom. The molecule has 0 spiro atoms. The van der Waals surface area contributed by atoms with Gasteiger partial charge in [0.05, 0.1) is 47.5 Å². The van der Waals surface area contributed by atoms with Gasteiger partial charge in [0.2, 0.25) is 6.35 Å². The average Bonchev–Trinajstić information content (AvgIpc) is 2.92. The van der Waals surface area contributed by atoms with Crippen molar-refractivity contribution < 1.29 is 19.3 Å². The number of rotatable bonds is 2. The summed E-state index contributed by atoms with van der Waals surface area (Å²) in [6.45, 7) is 0. The van der Waals surface area contributed by atoms with Gasteiger partial charge in [-0.25, -0.2) is 4.39 Å². The Hall–Kier alpha value is -3.57. The number of ether oxygens (including phenoxy) is 1. The minimum absolute atomic E-state index is 0.0931. The Labute approximate surface area is 154 Å². The second-order valence-corrected chi connectivity index (χ2v) is 6.14. The first-order valence-corrected chi connectivity index (χ1v) is 8.05. The number of nitriles is 1. The monoisotopic (exact) mass is 366 g/mol. The molecule has 1 aliphatic heterocycles. The molecule has 2 aromatic carbocycles. The number of phenols is 1. The number of aromatic hydroxyl groups is 1. The molecule has 1 aliphatic rings. The van der Waals surface area contributed by atoms with Gasteiger partial charge in [0.15, 0.2) is 11.5 Å². The standard InChI is InChI=1S/C19H15FN4O3/c1-23-15-9-22-13-7-17(27-2)16(25)6-11(13)18(15)24(19(23)26)14-4-3-10(8-21)5-12(14)20/h3-7,9,19,25-26H,1-2H3. The predicted molar refractivity (Wildman–Crippen MR) is 97.6 cm³/mol. The van der Waals surface area contributed by atoms with Gasteiger partial charge in [-0.15, -0.1) is 0 Å². The van der Waals surface area contributed by atoms with Crippen molar-refractivity contribution in [2.75, 3.05) is 24.0 Å². The van der Waals surface area contributed by atoms with Crippen LogP contribution in [0.25, 0.3) is 10.9 Å². The molecule has 0 amide bonds. The number of hydrogen-bond donors (Lipinski definition) is 2. The molecule has 0 fully saturated rings. The third kappa shape index (κ3) is 2.40. The van der Waals surface area contributed by atoms with Gasteiger partial charge in [-0.3, -0.25) is 9.88 Å². The lowest BCUT2D eigenvalue weighted by atomic mass is 10.1. The summed E-state index contributed by atoms with van der Waals surface area (Å²) in [5.41, 5.74) is 1.88. The van der Waals surface area contributed by atoms with Crippen molar-refractivity contribution in [1.29, 1.82) is 5.26 Å². The van der Waals surface area contributed by atoms with E-state index in [9.17, 15) is 14.6 Å². The Balaban J connectivity index is 2.00. The molecule has 0 bridgehead atoms. The van der Waals surface area contributed by atoms with Crippen molar-refractivity contribution >= 4 is 28.0 Å². The molecule has 0 aliphatic carbocycles. The van der Waals surface area contributed by atoms with Crippen LogP contribution >= 0.6 is 0 Å². The van der Waals surface area contributed by atoms with Crippen LogP contribution in [0.4, 0.5) is 21.5 Å². The molecule has 8 heteroatoms. The number of pyridine rings is 1. The van der Waals surface area contributed by atoms with Crippen molar-refractivity contribution in [2.45, 2.75) is 6.35 Å². The molecule has 1 aromatic heterocycles. The molecule has 0 saturated carbocycles. The van der Waals surface area contributed by atoms with Crippen LogP contribution in [0.1, 0.15) is 5.56 Å². The molecule has 0 radical (unpaired) electrons. The van der Waals surface area contributed by atoms with Gasteiger partial charge in [-0.05, 0) is 24.3 Å². The molecular weight excluding hydrogens is 351 g/mol. The number of nitrogens with zero attached hydrogens (tertiary/aromatic N) is 4. The van der Waals surface area contributed by atoms with Gasteiger partial charge in [0.25, 0.3) is 0 Å². The van der Waals surface area contributed by atoms with Gasteiger partial charge in [0.1, 0.15) is 5.82 Å². The summed E-state index contributed by atoms with van der Waals surface area (Å²) in [4.78, 5) is 7.30. The predicted octanol–water partition coefficient (Wildman–Crippen LogP) is 2.82. The van der Waals surface area contributed by atoms with Crippen LogP contribution in [0.2, 0.25) is 0 Å². The van der Waals surface area contributed by atoms with Crippen molar-refractivity contribution in [3.63, 3.8) is 0 Å². The minimum atomic E-state index is -1.18.